The third kappa shape index (κ3) is 21.3. The molecule has 0 amide bonds. The van der Waals surface area contributed by atoms with Crippen LogP contribution in [0.5, 0.6) is 0 Å². The molecular weight excluding hydrogens is 524 g/mol. The molecule has 12 heteroatoms. The van der Waals surface area contributed by atoms with Crippen LogP contribution in [0.3, 0.4) is 0 Å². The van der Waals surface area contributed by atoms with Crippen LogP contribution in [-0.2, 0) is 66.8 Å². The van der Waals surface area contributed by atoms with E-state index in [1.807, 2.05) is 0 Å². The molecule has 0 aliphatic heterocycles. The van der Waals surface area contributed by atoms with E-state index < -0.39 is 47.2 Å². The van der Waals surface area contributed by atoms with E-state index in [1.165, 1.54) is 0 Å². The maximum Gasteiger partial charge on any atom is 3.00 e. The average Bonchev–Trinajstić information content (AvgIpc) is 2.16. The van der Waals surface area contributed by atoms with Gasteiger partial charge in [-0.25, -0.2) is 0 Å². The van der Waals surface area contributed by atoms with Gasteiger partial charge >= 0.3 is 73.8 Å². The molecule has 0 saturated heterocycles. The van der Waals surface area contributed by atoms with E-state index in [-0.39, 0.29) is 73.8 Å². The zero-order valence-corrected chi connectivity index (χ0v) is 17.0. The number of aliphatic hydroxyl groups excluding tert-OH is 2. The number of hydrogen-bond donors (Lipinski definition) is 2. The molecule has 2 unspecified atom stereocenters. The third-order valence-electron chi connectivity index (χ3n) is 1.26. The van der Waals surface area contributed by atoms with E-state index in [2.05, 4.69) is 25.3 Å². The van der Waals surface area contributed by atoms with E-state index in [0.29, 0.717) is 0 Å². The molecule has 112 valence electrons. The van der Waals surface area contributed by atoms with Crippen molar-refractivity contribution in [3.63, 3.8) is 0 Å². The summed E-state index contributed by atoms with van der Waals surface area (Å²) in [7, 11) is 0. The Kier molecular flexibility index (Phi) is 23.8. The zero-order chi connectivity index (χ0) is 14.9. The van der Waals surface area contributed by atoms with Crippen molar-refractivity contribution in [2.75, 3.05) is 0 Å². The molecule has 0 aliphatic rings. The van der Waals surface area contributed by atoms with Crippen molar-refractivity contribution in [3.05, 3.63) is 0 Å². The van der Waals surface area contributed by atoms with Gasteiger partial charge in [-0.1, -0.05) is 0 Å². The van der Waals surface area contributed by atoms with Crippen LogP contribution in [0.4, 0.5) is 0 Å². The minimum atomic E-state index is -1.59. The van der Waals surface area contributed by atoms with Crippen LogP contribution in [0.15, 0.2) is 0 Å². The molecule has 0 aromatic carbocycles. The third-order valence-corrected chi connectivity index (χ3v) is 1.81. The summed E-state index contributed by atoms with van der Waals surface area (Å²) in [6.07, 6.45) is -4.62. The van der Waals surface area contributed by atoms with Gasteiger partial charge in [-0.2, -0.15) is 0 Å². The number of carbonyl (C=O) groups is 4. The van der Waals surface area contributed by atoms with Gasteiger partial charge in [0, 0.05) is 35.0 Å². The summed E-state index contributed by atoms with van der Waals surface area (Å²) in [4.78, 5) is 39.2. The van der Waals surface area contributed by atoms with E-state index in [4.69, 9.17) is 10.2 Å². The summed E-state index contributed by atoms with van der Waals surface area (Å²) < 4.78 is 0. The average molecular weight is 532 g/mol. The zero-order valence-electron chi connectivity index (χ0n) is 10.0. The van der Waals surface area contributed by atoms with Crippen molar-refractivity contribution >= 4 is 47.4 Å². The Morgan fingerprint density at radius 1 is 0.850 bits per heavy atom. The molecule has 0 aromatic heterocycles. The van der Waals surface area contributed by atoms with E-state index >= 15 is 0 Å². The second-order valence-electron chi connectivity index (χ2n) is 2.82. The van der Waals surface area contributed by atoms with Crippen LogP contribution < -0.4 is 61.6 Å². The molecule has 0 saturated carbocycles. The van der Waals surface area contributed by atoms with Gasteiger partial charge in [-0.3, -0.25) is 0 Å². The molecular formula is C8H8AuKO8S2. The summed E-state index contributed by atoms with van der Waals surface area (Å²) in [6, 6.07) is 0. The predicted molar refractivity (Wildman–Crippen MR) is 56.0 cm³/mol. The van der Waals surface area contributed by atoms with Gasteiger partial charge in [-0.05, 0) is 0 Å². The van der Waals surface area contributed by atoms with Gasteiger partial charge in [0.05, 0.1) is 12.2 Å². The number of aliphatic hydroxyl groups is 2. The predicted octanol–water partition coefficient (Wildman–Crippen LogP) is -7.88. The fourth-order valence-electron chi connectivity index (χ4n) is 0.482. The molecule has 2 N–H and O–H groups in total. The summed E-state index contributed by atoms with van der Waals surface area (Å²) in [5, 5.41) is 34.2. The minimum absolute atomic E-state index is 0. The monoisotopic (exact) mass is 532 g/mol. The van der Waals surface area contributed by atoms with Gasteiger partial charge in [0.25, 0.3) is 0 Å². The number of hydrogen-bond acceptors (Lipinski definition) is 10. The fraction of sp³-hybridized carbons (Fsp3) is 0.500. The summed E-state index contributed by atoms with van der Waals surface area (Å²) in [5.41, 5.74) is 0. The number of carboxylic acids is 2. The molecule has 0 aromatic rings. The topological polar surface area (TPSA) is 155 Å². The van der Waals surface area contributed by atoms with Gasteiger partial charge in [0.1, 0.15) is 0 Å². The van der Waals surface area contributed by atoms with Crippen LogP contribution in [0.2, 0.25) is 0 Å². The Morgan fingerprint density at radius 3 is 1.10 bits per heavy atom. The Bertz CT molecular complexity index is 308. The molecule has 0 bridgehead atoms. The fourth-order valence-corrected chi connectivity index (χ4v) is 0.649. The molecule has 0 radical (unpaired) electrons. The first kappa shape index (κ1) is 29.1. The first-order valence-corrected chi connectivity index (χ1v) is 5.07. The first-order chi connectivity index (χ1) is 8.07. The standard InChI is InChI=1S/2C4H6O4S.Au.K/c2*5-2(4(8)9)1-3(6)7;;/h2*2,5H,1H2,(H,6,7)(H,8,9);;/q;;+3;+1/p-4. The first-order valence-electron chi connectivity index (χ1n) is 4.25. The van der Waals surface area contributed by atoms with Crippen LogP contribution in [-0.4, -0.2) is 44.6 Å². The second-order valence-corrected chi connectivity index (χ2v) is 3.63. The molecule has 20 heavy (non-hydrogen) atoms. The maximum absolute atomic E-state index is 9.95. The summed E-state index contributed by atoms with van der Waals surface area (Å²) in [5.74, 6) is -2.97. The molecule has 0 heterocycles. The van der Waals surface area contributed by atoms with Gasteiger partial charge < -0.3 is 64.9 Å². The van der Waals surface area contributed by atoms with E-state index in [9.17, 15) is 29.4 Å². The molecule has 0 aliphatic carbocycles. The van der Waals surface area contributed by atoms with Crippen molar-refractivity contribution in [3.8, 4) is 0 Å². The van der Waals surface area contributed by atoms with Crippen molar-refractivity contribution in [2.45, 2.75) is 25.0 Å². The normalized spacial score (nSPS) is 11.3. The van der Waals surface area contributed by atoms with E-state index in [0.717, 1.165) is 0 Å². The molecule has 2 atom stereocenters. The van der Waals surface area contributed by atoms with Crippen LogP contribution in [0.25, 0.3) is 0 Å². The number of rotatable bonds is 6. The number of aliphatic carboxylic acids is 2. The molecule has 0 spiro atoms. The SMILES string of the molecule is O=C([O-])CC(O)C(=O)[S-].O=C([O-])CC(O)C(=O)[S-].[Au+3].[K+]. The summed E-state index contributed by atoms with van der Waals surface area (Å²) in [6.45, 7) is 0. The Balaban J connectivity index is -0.000000116. The molecule has 8 nitrogen and oxygen atoms in total. The quantitative estimate of drug-likeness (QED) is 0.249. The minimum Gasteiger partial charge on any atom is -0.739 e. The van der Waals surface area contributed by atoms with Crippen molar-refractivity contribution < 1.29 is 113 Å². The van der Waals surface area contributed by atoms with E-state index in [1.54, 1.807) is 0 Å². The molecule has 0 rings (SSSR count). The van der Waals surface area contributed by atoms with Crippen LogP contribution in [0.1, 0.15) is 12.8 Å². The second kappa shape index (κ2) is 16.4. The Hall–Kier alpha value is 1.02. The summed E-state index contributed by atoms with van der Waals surface area (Å²) >= 11 is 7.88. The Morgan fingerprint density at radius 2 is 1.05 bits per heavy atom. The maximum atomic E-state index is 9.95. The number of carbonyl (C=O) groups excluding carboxylic acids is 4. The van der Waals surface area contributed by atoms with Gasteiger partial charge in [0.15, 0.2) is 0 Å². The van der Waals surface area contributed by atoms with Crippen molar-refractivity contribution in [2.24, 2.45) is 0 Å². The van der Waals surface area contributed by atoms with Gasteiger partial charge in [0.2, 0.25) is 0 Å². The molecule has 0 fully saturated rings. The van der Waals surface area contributed by atoms with Crippen molar-refractivity contribution in [1.29, 1.82) is 0 Å². The smallest absolute Gasteiger partial charge is 0.739 e. The Labute approximate surface area is 183 Å². The largest absolute Gasteiger partial charge is 3.00 e. The van der Waals surface area contributed by atoms with Crippen LogP contribution >= 0.6 is 0 Å². The van der Waals surface area contributed by atoms with Gasteiger partial charge in [-0.15, -0.1) is 0 Å². The van der Waals surface area contributed by atoms with Crippen LogP contribution in [0, 0.1) is 0 Å². The number of carboxylic acid groups (broad SMARTS) is 2. The van der Waals surface area contributed by atoms with Crippen molar-refractivity contribution in [1.82, 2.24) is 0 Å².